The molecule has 1 nitrogen and oxygen atoms in total. The molecular weight excluding hydrogens is 160 g/mol. The lowest BCUT2D eigenvalue weighted by Gasteiger charge is -2.12. The van der Waals surface area contributed by atoms with Crippen molar-refractivity contribution < 1.29 is 4.74 Å². The van der Waals surface area contributed by atoms with E-state index in [0.29, 0.717) is 5.92 Å². The second-order valence-corrected chi connectivity index (χ2v) is 3.57. The van der Waals surface area contributed by atoms with Gasteiger partial charge in [0.1, 0.15) is 5.75 Å². The van der Waals surface area contributed by atoms with Gasteiger partial charge in [0.05, 0.1) is 7.11 Å². The van der Waals surface area contributed by atoms with E-state index in [1.807, 2.05) is 6.07 Å². The van der Waals surface area contributed by atoms with Crippen LogP contribution in [0.4, 0.5) is 0 Å². The highest BCUT2D eigenvalue weighted by molar-refractivity contribution is 5.37. The maximum Gasteiger partial charge on any atom is 0.119 e. The van der Waals surface area contributed by atoms with Crippen molar-refractivity contribution in [1.29, 1.82) is 0 Å². The monoisotopic (exact) mass is 178 g/mol. The van der Waals surface area contributed by atoms with Crippen molar-refractivity contribution in [2.45, 2.75) is 33.1 Å². The molecule has 0 unspecified atom stereocenters. The quantitative estimate of drug-likeness (QED) is 0.689. The largest absolute Gasteiger partial charge is 0.497 e. The van der Waals surface area contributed by atoms with Crippen LogP contribution >= 0.6 is 0 Å². The summed E-state index contributed by atoms with van der Waals surface area (Å²) in [5.74, 6) is 1.53. The average molecular weight is 178 g/mol. The zero-order chi connectivity index (χ0) is 9.84. The lowest BCUT2D eigenvalue weighted by molar-refractivity contribution is 0.414. The zero-order valence-corrected chi connectivity index (χ0v) is 8.92. The van der Waals surface area contributed by atoms with Crippen molar-refractivity contribution in [2.24, 2.45) is 0 Å². The Kier molecular flexibility index (Phi) is 3.35. The Morgan fingerprint density at radius 3 is 2.46 bits per heavy atom. The van der Waals surface area contributed by atoms with Gasteiger partial charge in [-0.3, -0.25) is 0 Å². The van der Waals surface area contributed by atoms with Crippen LogP contribution in [0.1, 0.15) is 37.8 Å². The molecule has 0 bridgehead atoms. The fourth-order valence-corrected chi connectivity index (χ4v) is 1.56. The topological polar surface area (TPSA) is 9.23 Å². The molecule has 0 amide bonds. The van der Waals surface area contributed by atoms with Gasteiger partial charge in [0.25, 0.3) is 0 Å². The number of hydrogen-bond acceptors (Lipinski definition) is 1. The molecule has 0 saturated heterocycles. The van der Waals surface area contributed by atoms with E-state index in [0.717, 1.165) is 12.2 Å². The molecule has 72 valence electrons. The van der Waals surface area contributed by atoms with E-state index in [1.165, 1.54) is 11.1 Å². The third kappa shape index (κ3) is 2.24. The fourth-order valence-electron chi connectivity index (χ4n) is 1.56. The second-order valence-electron chi connectivity index (χ2n) is 3.57. The minimum absolute atomic E-state index is 0.574. The van der Waals surface area contributed by atoms with Crippen LogP contribution in [0.3, 0.4) is 0 Å². The van der Waals surface area contributed by atoms with Crippen LogP contribution in [0.5, 0.6) is 5.75 Å². The van der Waals surface area contributed by atoms with Gasteiger partial charge in [0, 0.05) is 0 Å². The molecule has 0 N–H and O–H groups in total. The van der Waals surface area contributed by atoms with Gasteiger partial charge in [0.15, 0.2) is 0 Å². The van der Waals surface area contributed by atoms with Crippen molar-refractivity contribution in [3.05, 3.63) is 29.3 Å². The minimum Gasteiger partial charge on any atom is -0.497 e. The Morgan fingerprint density at radius 2 is 2.00 bits per heavy atom. The first-order valence-corrected chi connectivity index (χ1v) is 4.85. The van der Waals surface area contributed by atoms with E-state index in [1.54, 1.807) is 7.11 Å². The third-order valence-electron chi connectivity index (χ3n) is 2.36. The third-order valence-corrected chi connectivity index (χ3v) is 2.36. The molecule has 0 aliphatic rings. The summed E-state index contributed by atoms with van der Waals surface area (Å²) >= 11 is 0. The highest BCUT2D eigenvalue weighted by Crippen LogP contribution is 2.24. The van der Waals surface area contributed by atoms with E-state index in [2.05, 4.69) is 32.9 Å². The number of hydrogen-bond donors (Lipinski definition) is 0. The van der Waals surface area contributed by atoms with Crippen molar-refractivity contribution in [3.63, 3.8) is 0 Å². The summed E-state index contributed by atoms with van der Waals surface area (Å²) in [6.45, 7) is 6.62. The summed E-state index contributed by atoms with van der Waals surface area (Å²) in [7, 11) is 1.71. The summed E-state index contributed by atoms with van der Waals surface area (Å²) in [5, 5.41) is 0. The van der Waals surface area contributed by atoms with Crippen LogP contribution in [0.2, 0.25) is 0 Å². The van der Waals surface area contributed by atoms with Crippen LogP contribution in [-0.2, 0) is 6.42 Å². The Bertz CT molecular complexity index is 276. The van der Waals surface area contributed by atoms with E-state index in [-0.39, 0.29) is 0 Å². The molecule has 1 aromatic rings. The van der Waals surface area contributed by atoms with Gasteiger partial charge in [-0.25, -0.2) is 0 Å². The van der Waals surface area contributed by atoms with Crippen molar-refractivity contribution in [3.8, 4) is 5.75 Å². The van der Waals surface area contributed by atoms with Crippen molar-refractivity contribution in [1.82, 2.24) is 0 Å². The predicted molar refractivity (Wildman–Crippen MR) is 56.5 cm³/mol. The number of ether oxygens (including phenoxy) is 1. The van der Waals surface area contributed by atoms with Crippen LogP contribution in [0.15, 0.2) is 18.2 Å². The number of aryl methyl sites for hydroxylation is 1. The van der Waals surface area contributed by atoms with Crippen LogP contribution in [0.25, 0.3) is 0 Å². The predicted octanol–water partition coefficient (Wildman–Crippen LogP) is 3.38. The molecule has 0 fully saturated rings. The maximum atomic E-state index is 5.20. The maximum absolute atomic E-state index is 5.20. The molecule has 0 spiro atoms. The molecule has 13 heavy (non-hydrogen) atoms. The Balaban J connectivity index is 3.10. The molecule has 0 aliphatic carbocycles. The van der Waals surface area contributed by atoms with Gasteiger partial charge in [-0.1, -0.05) is 26.8 Å². The summed E-state index contributed by atoms with van der Waals surface area (Å²) < 4.78 is 5.20. The summed E-state index contributed by atoms with van der Waals surface area (Å²) in [4.78, 5) is 0. The molecule has 0 saturated carbocycles. The molecule has 0 radical (unpaired) electrons. The van der Waals surface area contributed by atoms with E-state index in [9.17, 15) is 0 Å². The van der Waals surface area contributed by atoms with Gasteiger partial charge < -0.3 is 4.74 Å². The lowest BCUT2D eigenvalue weighted by Crippen LogP contribution is -1.96. The highest BCUT2D eigenvalue weighted by atomic mass is 16.5. The van der Waals surface area contributed by atoms with Gasteiger partial charge in [-0.05, 0) is 35.6 Å². The van der Waals surface area contributed by atoms with E-state index in [4.69, 9.17) is 4.74 Å². The standard InChI is InChI=1S/C12H18O/c1-5-10-6-7-11(13-4)8-12(10)9(2)3/h6-9H,5H2,1-4H3. The first kappa shape index (κ1) is 10.1. The van der Waals surface area contributed by atoms with Crippen LogP contribution in [0, 0.1) is 0 Å². The molecule has 1 aromatic carbocycles. The average Bonchev–Trinajstić information content (AvgIpc) is 2.16. The zero-order valence-electron chi connectivity index (χ0n) is 8.92. The first-order valence-electron chi connectivity index (χ1n) is 4.85. The SMILES string of the molecule is CCc1ccc(OC)cc1C(C)C. The summed E-state index contributed by atoms with van der Waals surface area (Å²) in [6.07, 6.45) is 1.09. The molecule has 0 atom stereocenters. The molecular formula is C12H18O. The molecule has 0 aromatic heterocycles. The van der Waals surface area contributed by atoms with Gasteiger partial charge in [0.2, 0.25) is 0 Å². The highest BCUT2D eigenvalue weighted by Gasteiger charge is 2.06. The smallest absolute Gasteiger partial charge is 0.119 e. The number of rotatable bonds is 3. The molecule has 1 heteroatoms. The fraction of sp³-hybridized carbons (Fsp3) is 0.500. The summed E-state index contributed by atoms with van der Waals surface area (Å²) in [5.41, 5.74) is 2.83. The number of methoxy groups -OCH3 is 1. The lowest BCUT2D eigenvalue weighted by atomic mass is 9.95. The van der Waals surface area contributed by atoms with Crippen molar-refractivity contribution >= 4 is 0 Å². The summed E-state index contributed by atoms with van der Waals surface area (Å²) in [6, 6.07) is 6.34. The number of benzene rings is 1. The van der Waals surface area contributed by atoms with Crippen molar-refractivity contribution in [2.75, 3.05) is 7.11 Å². The van der Waals surface area contributed by atoms with Gasteiger partial charge in [-0.15, -0.1) is 0 Å². The van der Waals surface area contributed by atoms with Gasteiger partial charge in [-0.2, -0.15) is 0 Å². The Morgan fingerprint density at radius 1 is 1.31 bits per heavy atom. The van der Waals surface area contributed by atoms with E-state index >= 15 is 0 Å². The van der Waals surface area contributed by atoms with Gasteiger partial charge >= 0.3 is 0 Å². The first-order chi connectivity index (χ1) is 6.19. The molecule has 0 aliphatic heterocycles. The van der Waals surface area contributed by atoms with Crippen LogP contribution in [-0.4, -0.2) is 7.11 Å². The van der Waals surface area contributed by atoms with E-state index < -0.39 is 0 Å². The Labute approximate surface area is 80.7 Å². The second kappa shape index (κ2) is 4.31. The van der Waals surface area contributed by atoms with Crippen LogP contribution < -0.4 is 4.74 Å². The Hall–Kier alpha value is -0.980. The molecule has 0 heterocycles. The molecule has 1 rings (SSSR count). The minimum atomic E-state index is 0.574. The normalized spacial score (nSPS) is 10.5.